The van der Waals surface area contributed by atoms with Crippen molar-refractivity contribution in [3.05, 3.63) is 65.9 Å². The van der Waals surface area contributed by atoms with Gasteiger partial charge in [-0.25, -0.2) is 0 Å². The molecule has 3 amide bonds. The van der Waals surface area contributed by atoms with E-state index in [2.05, 4.69) is 10.6 Å². The molecule has 0 unspecified atom stereocenters. The first kappa shape index (κ1) is 19.3. The largest absolute Gasteiger partial charge is 0.383 e. The summed E-state index contributed by atoms with van der Waals surface area (Å²) in [5, 5.41) is 5.76. The zero-order chi connectivity index (χ0) is 20.1. The van der Waals surface area contributed by atoms with E-state index in [-0.39, 0.29) is 30.7 Å². The van der Waals surface area contributed by atoms with Crippen LogP contribution in [0.15, 0.2) is 60.3 Å². The van der Waals surface area contributed by atoms with Gasteiger partial charge in [0, 0.05) is 25.4 Å². The Morgan fingerprint density at radius 2 is 1.61 bits per heavy atom. The Kier molecular flexibility index (Phi) is 5.86. The molecule has 7 heteroatoms. The van der Waals surface area contributed by atoms with Crippen molar-refractivity contribution in [2.75, 3.05) is 30.9 Å². The predicted molar refractivity (Wildman–Crippen MR) is 106 cm³/mol. The Labute approximate surface area is 163 Å². The summed E-state index contributed by atoms with van der Waals surface area (Å²) >= 11 is 0. The average Bonchev–Trinajstić information content (AvgIpc) is 2.91. The molecule has 0 radical (unpaired) electrons. The van der Waals surface area contributed by atoms with E-state index < -0.39 is 5.91 Å². The van der Waals surface area contributed by atoms with Gasteiger partial charge in [0.25, 0.3) is 11.8 Å². The third-order valence-corrected chi connectivity index (χ3v) is 4.22. The van der Waals surface area contributed by atoms with Crippen LogP contribution in [0.25, 0.3) is 5.57 Å². The van der Waals surface area contributed by atoms with Gasteiger partial charge in [-0.2, -0.15) is 0 Å². The van der Waals surface area contributed by atoms with Crippen molar-refractivity contribution in [3.63, 3.8) is 0 Å². The number of rotatable bonds is 7. The zero-order valence-electron chi connectivity index (χ0n) is 15.7. The van der Waals surface area contributed by atoms with Crippen LogP contribution < -0.4 is 10.6 Å². The summed E-state index contributed by atoms with van der Waals surface area (Å²) in [6, 6.07) is 16.0. The molecule has 0 atom stereocenters. The first-order valence-electron chi connectivity index (χ1n) is 8.80. The number of imide groups is 1. The lowest BCUT2D eigenvalue weighted by molar-refractivity contribution is -0.137. The molecule has 3 rings (SSSR count). The monoisotopic (exact) mass is 379 g/mol. The molecule has 0 saturated carbocycles. The number of carbonyl (C=O) groups is 3. The molecule has 2 N–H and O–H groups in total. The lowest BCUT2D eigenvalue weighted by Gasteiger charge is -2.14. The van der Waals surface area contributed by atoms with Gasteiger partial charge in [-0.1, -0.05) is 30.3 Å². The summed E-state index contributed by atoms with van der Waals surface area (Å²) < 4.78 is 5.02. The molecule has 1 aliphatic rings. The fourth-order valence-corrected chi connectivity index (χ4v) is 2.93. The van der Waals surface area contributed by atoms with E-state index in [1.807, 2.05) is 18.2 Å². The van der Waals surface area contributed by atoms with Crippen molar-refractivity contribution in [3.8, 4) is 0 Å². The molecule has 1 heterocycles. The molecule has 28 heavy (non-hydrogen) atoms. The number of methoxy groups -OCH3 is 1. The minimum atomic E-state index is -0.396. The van der Waals surface area contributed by atoms with Gasteiger partial charge in [-0.05, 0) is 29.8 Å². The fourth-order valence-electron chi connectivity index (χ4n) is 2.93. The highest BCUT2D eigenvalue weighted by Gasteiger charge is 2.38. The quantitative estimate of drug-likeness (QED) is 0.722. The molecule has 144 valence electrons. The van der Waals surface area contributed by atoms with E-state index in [1.165, 1.54) is 18.9 Å². The number of hydrogen-bond acceptors (Lipinski definition) is 5. The van der Waals surface area contributed by atoms with E-state index in [1.54, 1.807) is 36.4 Å². The highest BCUT2D eigenvalue weighted by Crippen LogP contribution is 2.30. The van der Waals surface area contributed by atoms with Gasteiger partial charge in [0.15, 0.2) is 0 Å². The molecule has 1 aliphatic heterocycles. The summed E-state index contributed by atoms with van der Waals surface area (Å²) in [5.74, 6) is -0.919. The van der Waals surface area contributed by atoms with Crippen molar-refractivity contribution in [2.24, 2.45) is 0 Å². The molecule has 0 fully saturated rings. The lowest BCUT2D eigenvalue weighted by atomic mass is 10.0. The second-order valence-electron chi connectivity index (χ2n) is 6.25. The van der Waals surface area contributed by atoms with Crippen LogP contribution in [0, 0.1) is 0 Å². The van der Waals surface area contributed by atoms with Crippen LogP contribution in [-0.2, 0) is 19.1 Å². The SMILES string of the molecule is COCCN1C(=O)C(Nc2ccc(NC(C)=O)cc2)=C(c2ccccc2)C1=O. The van der Waals surface area contributed by atoms with Gasteiger partial charge in [0.05, 0.1) is 18.7 Å². The van der Waals surface area contributed by atoms with Crippen LogP contribution >= 0.6 is 0 Å². The van der Waals surface area contributed by atoms with Gasteiger partial charge in [0.2, 0.25) is 5.91 Å². The molecule has 0 bridgehead atoms. The van der Waals surface area contributed by atoms with Crippen molar-refractivity contribution in [1.82, 2.24) is 4.90 Å². The third kappa shape index (κ3) is 4.10. The zero-order valence-corrected chi connectivity index (χ0v) is 15.7. The standard InChI is InChI=1S/C21H21N3O4/c1-14(25)22-16-8-10-17(11-9-16)23-19-18(15-6-4-3-5-7-15)20(26)24(21(19)27)12-13-28-2/h3-11,23H,12-13H2,1-2H3,(H,22,25). The second-order valence-corrected chi connectivity index (χ2v) is 6.25. The van der Waals surface area contributed by atoms with E-state index in [0.29, 0.717) is 22.5 Å². The van der Waals surface area contributed by atoms with E-state index in [0.717, 1.165) is 0 Å². The summed E-state index contributed by atoms with van der Waals surface area (Å²) in [4.78, 5) is 38.1. The molecular weight excluding hydrogens is 358 g/mol. The Bertz CT molecular complexity index is 920. The maximum atomic E-state index is 12.9. The molecule has 0 saturated heterocycles. The molecule has 2 aromatic rings. The number of nitrogens with zero attached hydrogens (tertiary/aromatic N) is 1. The Hall–Kier alpha value is -3.45. The summed E-state index contributed by atoms with van der Waals surface area (Å²) in [6.07, 6.45) is 0. The number of hydrogen-bond donors (Lipinski definition) is 2. The highest BCUT2D eigenvalue weighted by molar-refractivity contribution is 6.36. The number of ether oxygens (including phenoxy) is 1. The first-order valence-corrected chi connectivity index (χ1v) is 8.80. The summed E-state index contributed by atoms with van der Waals surface area (Å²) in [5.41, 5.74) is 2.49. The maximum Gasteiger partial charge on any atom is 0.278 e. The normalized spacial score (nSPS) is 13.9. The number of nitrogens with one attached hydrogen (secondary N) is 2. The van der Waals surface area contributed by atoms with E-state index in [4.69, 9.17) is 4.74 Å². The fraction of sp³-hybridized carbons (Fsp3) is 0.190. The van der Waals surface area contributed by atoms with Crippen molar-refractivity contribution in [1.29, 1.82) is 0 Å². The number of amides is 3. The minimum absolute atomic E-state index is 0.167. The Morgan fingerprint density at radius 3 is 2.21 bits per heavy atom. The molecule has 0 aliphatic carbocycles. The molecular formula is C21H21N3O4. The highest BCUT2D eigenvalue weighted by atomic mass is 16.5. The van der Waals surface area contributed by atoms with Crippen molar-refractivity contribution in [2.45, 2.75) is 6.92 Å². The molecule has 2 aromatic carbocycles. The van der Waals surface area contributed by atoms with Gasteiger partial charge < -0.3 is 15.4 Å². The van der Waals surface area contributed by atoms with Gasteiger partial charge in [0.1, 0.15) is 5.70 Å². The smallest absolute Gasteiger partial charge is 0.278 e. The minimum Gasteiger partial charge on any atom is -0.383 e. The molecule has 0 spiro atoms. The van der Waals surface area contributed by atoms with E-state index >= 15 is 0 Å². The second kappa shape index (κ2) is 8.49. The van der Waals surface area contributed by atoms with Crippen molar-refractivity contribution >= 4 is 34.7 Å². The van der Waals surface area contributed by atoms with Crippen LogP contribution in [-0.4, -0.2) is 42.9 Å². The maximum absolute atomic E-state index is 12.9. The molecule has 0 aromatic heterocycles. The van der Waals surface area contributed by atoms with Gasteiger partial charge in [-0.15, -0.1) is 0 Å². The van der Waals surface area contributed by atoms with Gasteiger partial charge in [-0.3, -0.25) is 19.3 Å². The van der Waals surface area contributed by atoms with Crippen molar-refractivity contribution < 1.29 is 19.1 Å². The summed E-state index contributed by atoms with van der Waals surface area (Å²) in [7, 11) is 1.52. The van der Waals surface area contributed by atoms with Crippen LogP contribution in [0.3, 0.4) is 0 Å². The van der Waals surface area contributed by atoms with Crippen LogP contribution in [0.1, 0.15) is 12.5 Å². The topological polar surface area (TPSA) is 87.7 Å². The Morgan fingerprint density at radius 1 is 0.964 bits per heavy atom. The first-order chi connectivity index (χ1) is 13.5. The Balaban J connectivity index is 1.93. The molecule has 7 nitrogen and oxygen atoms in total. The number of benzene rings is 2. The van der Waals surface area contributed by atoms with E-state index in [9.17, 15) is 14.4 Å². The van der Waals surface area contributed by atoms with Crippen LogP contribution in [0.4, 0.5) is 11.4 Å². The van der Waals surface area contributed by atoms with Crippen LogP contribution in [0.2, 0.25) is 0 Å². The lowest BCUT2D eigenvalue weighted by Crippen LogP contribution is -2.35. The van der Waals surface area contributed by atoms with Crippen LogP contribution in [0.5, 0.6) is 0 Å². The third-order valence-electron chi connectivity index (χ3n) is 4.22. The number of anilines is 2. The predicted octanol–water partition coefficient (Wildman–Crippen LogP) is 2.48. The average molecular weight is 379 g/mol. The number of carbonyl (C=O) groups excluding carboxylic acids is 3. The summed E-state index contributed by atoms with van der Waals surface area (Å²) in [6.45, 7) is 1.87. The van der Waals surface area contributed by atoms with Gasteiger partial charge >= 0.3 is 0 Å².